The van der Waals surface area contributed by atoms with Crippen LogP contribution in [0.1, 0.15) is 25.7 Å². The van der Waals surface area contributed by atoms with Gasteiger partial charge < -0.3 is 14.8 Å². The predicted octanol–water partition coefficient (Wildman–Crippen LogP) is 2.53. The number of carbonyl (C=O) groups is 1. The van der Waals surface area contributed by atoms with Gasteiger partial charge in [0.15, 0.2) is 5.82 Å². The number of amides is 1. The van der Waals surface area contributed by atoms with Crippen LogP contribution in [0.2, 0.25) is 0 Å². The first-order valence-electron chi connectivity index (χ1n) is 8.59. The molecule has 1 aromatic carbocycles. The molecule has 0 atom stereocenters. The number of nitrogens with zero attached hydrogens (tertiary/aromatic N) is 3. The predicted molar refractivity (Wildman–Crippen MR) is 101 cm³/mol. The standard InChI is InChI=1S/C18H21N5O3S/c1-25-12-5-6-13(14(9-12)26-2)16-20-17(23-22-16)27-10-15(24)21-18(11-19)7-3-4-8-18/h5-6,9H,3-4,7-8,10H2,1-2H3,(H,21,24)(H,20,22,23). The number of nitrogens with one attached hydrogen (secondary N) is 2. The van der Waals surface area contributed by atoms with Gasteiger partial charge in [-0.1, -0.05) is 11.8 Å². The highest BCUT2D eigenvalue weighted by Gasteiger charge is 2.35. The van der Waals surface area contributed by atoms with Crippen LogP contribution in [0, 0.1) is 11.3 Å². The molecule has 2 N–H and O–H groups in total. The molecule has 0 aliphatic heterocycles. The third-order valence-corrected chi connectivity index (χ3v) is 5.36. The fraction of sp³-hybridized carbons (Fsp3) is 0.444. The van der Waals surface area contributed by atoms with E-state index in [0.717, 1.165) is 18.4 Å². The van der Waals surface area contributed by atoms with Crippen molar-refractivity contribution in [3.63, 3.8) is 0 Å². The largest absolute Gasteiger partial charge is 0.497 e. The lowest BCUT2D eigenvalue weighted by Gasteiger charge is -2.21. The molecule has 2 aromatic rings. The molecule has 1 aliphatic carbocycles. The second-order valence-electron chi connectivity index (χ2n) is 6.27. The molecular formula is C18H21N5O3S. The number of benzene rings is 1. The molecule has 0 spiro atoms. The summed E-state index contributed by atoms with van der Waals surface area (Å²) in [6.45, 7) is 0. The van der Waals surface area contributed by atoms with E-state index in [0.29, 0.717) is 35.3 Å². The zero-order valence-corrected chi connectivity index (χ0v) is 16.1. The number of thioether (sulfide) groups is 1. The molecule has 1 amide bonds. The molecule has 8 nitrogen and oxygen atoms in total. The Balaban J connectivity index is 1.63. The van der Waals surface area contributed by atoms with E-state index in [-0.39, 0.29) is 11.7 Å². The SMILES string of the molecule is COc1ccc(-c2nc(SCC(=O)NC3(C#N)CCCC3)n[nH]2)c(OC)c1. The second-order valence-corrected chi connectivity index (χ2v) is 7.21. The summed E-state index contributed by atoms with van der Waals surface area (Å²) < 4.78 is 10.6. The summed E-state index contributed by atoms with van der Waals surface area (Å²) in [7, 11) is 3.16. The number of H-pyrrole nitrogens is 1. The average Bonchev–Trinajstić information content (AvgIpc) is 3.36. The number of nitriles is 1. The normalized spacial score (nSPS) is 15.1. The zero-order valence-electron chi connectivity index (χ0n) is 15.2. The highest BCUT2D eigenvalue weighted by molar-refractivity contribution is 7.99. The van der Waals surface area contributed by atoms with E-state index < -0.39 is 5.54 Å². The highest BCUT2D eigenvalue weighted by Crippen LogP contribution is 2.32. The van der Waals surface area contributed by atoms with Gasteiger partial charge in [-0.3, -0.25) is 9.89 Å². The molecule has 3 rings (SSSR count). The van der Waals surface area contributed by atoms with E-state index in [1.54, 1.807) is 20.3 Å². The van der Waals surface area contributed by atoms with Gasteiger partial charge in [0, 0.05) is 6.07 Å². The molecule has 1 saturated carbocycles. The van der Waals surface area contributed by atoms with E-state index in [2.05, 4.69) is 26.6 Å². The van der Waals surface area contributed by atoms with Crippen molar-refractivity contribution in [2.24, 2.45) is 0 Å². The number of ether oxygens (including phenoxy) is 2. The number of aromatic nitrogens is 3. The van der Waals surface area contributed by atoms with Gasteiger partial charge in [-0.2, -0.15) is 5.26 Å². The fourth-order valence-electron chi connectivity index (χ4n) is 3.10. The smallest absolute Gasteiger partial charge is 0.231 e. The molecule has 0 bridgehead atoms. The van der Waals surface area contributed by atoms with Crippen molar-refractivity contribution in [1.82, 2.24) is 20.5 Å². The monoisotopic (exact) mass is 387 g/mol. The maximum Gasteiger partial charge on any atom is 0.231 e. The number of hydrogen-bond acceptors (Lipinski definition) is 7. The Bertz CT molecular complexity index is 855. The lowest BCUT2D eigenvalue weighted by molar-refractivity contribution is -0.119. The van der Waals surface area contributed by atoms with Crippen LogP contribution in [0.3, 0.4) is 0 Å². The molecule has 27 heavy (non-hydrogen) atoms. The molecule has 9 heteroatoms. The molecule has 1 heterocycles. The number of hydrogen-bond donors (Lipinski definition) is 2. The Morgan fingerprint density at radius 2 is 2.15 bits per heavy atom. The van der Waals surface area contributed by atoms with Gasteiger partial charge in [0.05, 0.1) is 31.6 Å². The molecule has 0 saturated heterocycles. The van der Waals surface area contributed by atoms with Crippen LogP contribution in [0.4, 0.5) is 0 Å². The number of methoxy groups -OCH3 is 2. The minimum absolute atomic E-state index is 0.153. The lowest BCUT2D eigenvalue weighted by atomic mass is 10.0. The lowest BCUT2D eigenvalue weighted by Crippen LogP contribution is -2.45. The third kappa shape index (κ3) is 4.34. The minimum Gasteiger partial charge on any atom is -0.497 e. The zero-order chi connectivity index (χ0) is 19.3. The van der Waals surface area contributed by atoms with Crippen LogP contribution in [0.25, 0.3) is 11.4 Å². The van der Waals surface area contributed by atoms with E-state index in [9.17, 15) is 10.1 Å². The first-order chi connectivity index (χ1) is 13.1. The van der Waals surface area contributed by atoms with Crippen LogP contribution >= 0.6 is 11.8 Å². The maximum atomic E-state index is 12.2. The summed E-state index contributed by atoms with van der Waals surface area (Å²) in [5, 5.41) is 19.7. The Hall–Kier alpha value is -2.73. The van der Waals surface area contributed by atoms with Gasteiger partial charge in [0.2, 0.25) is 11.1 Å². The summed E-state index contributed by atoms with van der Waals surface area (Å²) in [6.07, 6.45) is 3.36. The first kappa shape index (κ1) is 19.0. The van der Waals surface area contributed by atoms with Crippen molar-refractivity contribution < 1.29 is 14.3 Å². The molecule has 1 fully saturated rings. The maximum absolute atomic E-state index is 12.2. The van der Waals surface area contributed by atoms with Crippen LogP contribution in [0.15, 0.2) is 23.4 Å². The Morgan fingerprint density at radius 3 is 2.81 bits per heavy atom. The summed E-state index contributed by atoms with van der Waals surface area (Å²) in [5.74, 6) is 1.80. The van der Waals surface area contributed by atoms with Crippen LogP contribution in [-0.2, 0) is 4.79 Å². The Morgan fingerprint density at radius 1 is 1.37 bits per heavy atom. The van der Waals surface area contributed by atoms with Crippen LogP contribution in [-0.4, -0.2) is 46.6 Å². The number of rotatable bonds is 7. The van der Waals surface area contributed by atoms with Crippen LogP contribution in [0.5, 0.6) is 11.5 Å². The van der Waals surface area contributed by atoms with E-state index >= 15 is 0 Å². The van der Waals surface area contributed by atoms with E-state index in [1.807, 2.05) is 12.1 Å². The van der Waals surface area contributed by atoms with E-state index in [1.165, 1.54) is 11.8 Å². The highest BCUT2D eigenvalue weighted by atomic mass is 32.2. The molecule has 0 unspecified atom stereocenters. The third-order valence-electron chi connectivity index (χ3n) is 4.51. The van der Waals surface area contributed by atoms with Crippen molar-refractivity contribution in [2.45, 2.75) is 36.4 Å². The quantitative estimate of drug-likeness (QED) is 0.702. The fourth-order valence-corrected chi connectivity index (χ4v) is 3.70. The van der Waals surface area contributed by atoms with Gasteiger partial charge in [-0.25, -0.2) is 4.98 Å². The molecule has 1 aromatic heterocycles. The molecule has 1 aliphatic rings. The van der Waals surface area contributed by atoms with Crippen molar-refractivity contribution >= 4 is 17.7 Å². The summed E-state index contributed by atoms with van der Waals surface area (Å²) in [4.78, 5) is 16.6. The molecule has 0 radical (unpaired) electrons. The number of aromatic amines is 1. The van der Waals surface area contributed by atoms with Crippen molar-refractivity contribution in [1.29, 1.82) is 5.26 Å². The van der Waals surface area contributed by atoms with Gasteiger partial charge in [-0.15, -0.1) is 5.10 Å². The van der Waals surface area contributed by atoms with E-state index in [4.69, 9.17) is 9.47 Å². The van der Waals surface area contributed by atoms with Crippen LogP contribution < -0.4 is 14.8 Å². The molecule has 142 valence electrons. The summed E-state index contributed by atoms with van der Waals surface area (Å²) in [5.41, 5.74) is 0.0367. The Kier molecular flexibility index (Phi) is 5.86. The van der Waals surface area contributed by atoms with Gasteiger partial charge in [-0.05, 0) is 37.8 Å². The number of carbonyl (C=O) groups excluding carboxylic acids is 1. The molecular weight excluding hydrogens is 366 g/mol. The van der Waals surface area contributed by atoms with Gasteiger partial charge in [0.25, 0.3) is 0 Å². The van der Waals surface area contributed by atoms with Crippen molar-refractivity contribution in [3.8, 4) is 29.0 Å². The average molecular weight is 387 g/mol. The topological polar surface area (TPSA) is 113 Å². The van der Waals surface area contributed by atoms with Crippen molar-refractivity contribution in [2.75, 3.05) is 20.0 Å². The minimum atomic E-state index is -0.710. The Labute approximate surface area is 161 Å². The van der Waals surface area contributed by atoms with Gasteiger partial charge in [0.1, 0.15) is 17.0 Å². The summed E-state index contributed by atoms with van der Waals surface area (Å²) in [6, 6.07) is 7.65. The van der Waals surface area contributed by atoms with Crippen molar-refractivity contribution in [3.05, 3.63) is 18.2 Å². The first-order valence-corrected chi connectivity index (χ1v) is 9.57. The van der Waals surface area contributed by atoms with Gasteiger partial charge >= 0.3 is 0 Å². The summed E-state index contributed by atoms with van der Waals surface area (Å²) >= 11 is 1.22. The second kappa shape index (κ2) is 8.31.